The molecule has 0 aliphatic carbocycles. The number of ether oxygens (including phenoxy) is 2. The molecule has 1 atom stereocenters. The van der Waals surface area contributed by atoms with E-state index < -0.39 is 0 Å². The number of nitrogens with two attached hydrogens (primary N) is 1. The third kappa shape index (κ3) is 3.70. The maximum absolute atomic E-state index is 6.69. The van der Waals surface area contributed by atoms with E-state index in [9.17, 15) is 0 Å². The Balaban J connectivity index is 1.51. The van der Waals surface area contributed by atoms with E-state index in [-0.39, 0.29) is 6.04 Å². The number of methoxy groups -OCH3 is 2. The van der Waals surface area contributed by atoms with Crippen molar-refractivity contribution in [1.82, 2.24) is 9.97 Å². The summed E-state index contributed by atoms with van der Waals surface area (Å²) in [5, 5.41) is 0.964. The summed E-state index contributed by atoms with van der Waals surface area (Å²) >= 11 is 6.72. The summed E-state index contributed by atoms with van der Waals surface area (Å²) in [6.45, 7) is 0. The first kappa shape index (κ1) is 20.4. The highest BCUT2D eigenvalue weighted by Crippen LogP contribution is 2.39. The van der Waals surface area contributed by atoms with Crippen molar-refractivity contribution < 1.29 is 9.47 Å². The fourth-order valence-electron chi connectivity index (χ4n) is 3.60. The fourth-order valence-corrected chi connectivity index (χ4v) is 5.96. The molecular formula is C23H18BrN3O2S2. The largest absolute Gasteiger partial charge is 0.497 e. The van der Waals surface area contributed by atoms with Crippen LogP contribution in [-0.4, -0.2) is 24.2 Å². The van der Waals surface area contributed by atoms with E-state index in [2.05, 4.69) is 33.0 Å². The van der Waals surface area contributed by atoms with Crippen LogP contribution in [0.15, 0.2) is 58.5 Å². The number of rotatable bonds is 5. The molecule has 3 aromatic carbocycles. The monoisotopic (exact) mass is 511 g/mol. The highest BCUT2D eigenvalue weighted by Gasteiger charge is 2.20. The summed E-state index contributed by atoms with van der Waals surface area (Å²) in [4.78, 5) is 9.40. The summed E-state index contributed by atoms with van der Waals surface area (Å²) in [7, 11) is 3.32. The van der Waals surface area contributed by atoms with Crippen molar-refractivity contribution in [3.63, 3.8) is 0 Å². The third-order valence-corrected chi connectivity index (χ3v) is 7.73. The molecule has 0 aliphatic rings. The molecule has 2 N–H and O–H groups in total. The van der Waals surface area contributed by atoms with Crippen molar-refractivity contribution >= 4 is 59.0 Å². The number of aromatic nitrogens is 2. The predicted molar refractivity (Wildman–Crippen MR) is 132 cm³/mol. The topological polar surface area (TPSA) is 70.3 Å². The molecule has 0 aliphatic heterocycles. The molecule has 5 aromatic rings. The summed E-state index contributed by atoms with van der Waals surface area (Å²) in [6, 6.07) is 17.8. The van der Waals surface area contributed by atoms with Gasteiger partial charge >= 0.3 is 0 Å². The molecule has 2 aromatic heterocycles. The smallest absolute Gasteiger partial charge is 0.160 e. The van der Waals surface area contributed by atoms with Crippen LogP contribution in [0.5, 0.6) is 11.5 Å². The van der Waals surface area contributed by atoms with Crippen LogP contribution in [0.4, 0.5) is 0 Å². The minimum atomic E-state index is -0.360. The van der Waals surface area contributed by atoms with Gasteiger partial charge in [0.1, 0.15) is 16.5 Å². The molecule has 0 amide bonds. The minimum absolute atomic E-state index is 0.360. The Kier molecular flexibility index (Phi) is 5.39. The lowest BCUT2D eigenvalue weighted by Gasteiger charge is -2.17. The lowest BCUT2D eigenvalue weighted by Crippen LogP contribution is -2.13. The molecule has 5 nitrogen and oxygen atoms in total. The Morgan fingerprint density at radius 2 is 1.68 bits per heavy atom. The van der Waals surface area contributed by atoms with Gasteiger partial charge in [-0.3, -0.25) is 0 Å². The van der Waals surface area contributed by atoms with Gasteiger partial charge in [0.2, 0.25) is 0 Å². The molecule has 0 spiro atoms. The number of halogens is 1. The summed E-state index contributed by atoms with van der Waals surface area (Å²) in [5.41, 5.74) is 11.4. The van der Waals surface area contributed by atoms with Gasteiger partial charge in [-0.1, -0.05) is 24.3 Å². The lowest BCUT2D eigenvalue weighted by atomic mass is 9.97. The van der Waals surface area contributed by atoms with Crippen molar-refractivity contribution in [2.75, 3.05) is 14.2 Å². The standard InChI is InChI=1S/C23H18BrN3O2S2/c1-28-14-7-9-17-15(11-14)26-22(30-17)13-5-3-12(4-6-13)20(25)19-16(29-2)8-10-18-21(19)27-23(24)31-18/h3-11,20H,25H2,1-2H3. The zero-order valence-electron chi connectivity index (χ0n) is 16.8. The molecular weight excluding hydrogens is 494 g/mol. The van der Waals surface area contributed by atoms with Crippen molar-refractivity contribution in [3.8, 4) is 22.1 Å². The van der Waals surface area contributed by atoms with E-state index in [4.69, 9.17) is 20.2 Å². The average Bonchev–Trinajstić information content (AvgIpc) is 3.39. The molecule has 0 saturated heterocycles. The third-order valence-electron chi connectivity index (χ3n) is 5.18. The van der Waals surface area contributed by atoms with Gasteiger partial charge in [0.15, 0.2) is 3.92 Å². The van der Waals surface area contributed by atoms with Crippen LogP contribution >= 0.6 is 38.6 Å². The highest BCUT2D eigenvalue weighted by molar-refractivity contribution is 9.11. The molecule has 0 fully saturated rings. The Hall–Kier alpha value is -2.52. The van der Waals surface area contributed by atoms with Crippen LogP contribution in [0.3, 0.4) is 0 Å². The van der Waals surface area contributed by atoms with E-state index in [0.717, 1.165) is 57.5 Å². The number of fused-ring (bicyclic) bond motifs is 2. The van der Waals surface area contributed by atoms with Crippen molar-refractivity contribution in [2.45, 2.75) is 6.04 Å². The van der Waals surface area contributed by atoms with Gasteiger partial charge in [-0.05, 0) is 45.8 Å². The number of thiazole rings is 2. The lowest BCUT2D eigenvalue weighted by molar-refractivity contribution is 0.408. The molecule has 0 saturated carbocycles. The van der Waals surface area contributed by atoms with Crippen LogP contribution in [-0.2, 0) is 0 Å². The molecule has 2 heterocycles. The number of hydrogen-bond donors (Lipinski definition) is 1. The van der Waals surface area contributed by atoms with Crippen LogP contribution in [0.2, 0.25) is 0 Å². The molecule has 8 heteroatoms. The number of nitrogens with zero attached hydrogens (tertiary/aromatic N) is 2. The van der Waals surface area contributed by atoms with Crippen LogP contribution in [0.1, 0.15) is 17.2 Å². The van der Waals surface area contributed by atoms with Crippen LogP contribution in [0, 0.1) is 0 Å². The van der Waals surface area contributed by atoms with E-state index in [0.29, 0.717) is 0 Å². The summed E-state index contributed by atoms with van der Waals surface area (Å²) in [6.07, 6.45) is 0. The number of hydrogen-bond acceptors (Lipinski definition) is 7. The second kappa shape index (κ2) is 8.20. The number of benzene rings is 3. The van der Waals surface area contributed by atoms with E-state index in [1.165, 1.54) is 0 Å². The van der Waals surface area contributed by atoms with E-state index >= 15 is 0 Å². The van der Waals surface area contributed by atoms with Crippen LogP contribution < -0.4 is 15.2 Å². The fraction of sp³-hybridized carbons (Fsp3) is 0.130. The maximum atomic E-state index is 6.69. The minimum Gasteiger partial charge on any atom is -0.497 e. The normalized spacial score (nSPS) is 12.4. The summed E-state index contributed by atoms with van der Waals surface area (Å²) in [5.74, 6) is 1.55. The van der Waals surface area contributed by atoms with E-state index in [1.807, 2.05) is 42.5 Å². The second-order valence-electron chi connectivity index (χ2n) is 6.95. The maximum Gasteiger partial charge on any atom is 0.160 e. The zero-order chi connectivity index (χ0) is 21.5. The van der Waals surface area contributed by atoms with Crippen molar-refractivity contribution in [3.05, 3.63) is 69.6 Å². The van der Waals surface area contributed by atoms with Gasteiger partial charge in [0, 0.05) is 17.2 Å². The summed E-state index contributed by atoms with van der Waals surface area (Å²) < 4.78 is 13.9. The zero-order valence-corrected chi connectivity index (χ0v) is 20.0. The first-order valence-electron chi connectivity index (χ1n) is 9.51. The van der Waals surface area contributed by atoms with Crippen LogP contribution in [0.25, 0.3) is 31.0 Å². The molecule has 0 radical (unpaired) electrons. The van der Waals surface area contributed by atoms with E-state index in [1.54, 1.807) is 36.9 Å². The van der Waals surface area contributed by atoms with Gasteiger partial charge < -0.3 is 15.2 Å². The SMILES string of the molecule is COc1ccc2sc(-c3ccc(C(N)c4c(OC)ccc5sc(Br)nc45)cc3)nc2c1. The Labute approximate surface area is 195 Å². The Morgan fingerprint density at radius 1 is 0.903 bits per heavy atom. The van der Waals surface area contributed by atoms with Gasteiger partial charge in [0.25, 0.3) is 0 Å². The highest BCUT2D eigenvalue weighted by atomic mass is 79.9. The van der Waals surface area contributed by atoms with Crippen molar-refractivity contribution in [2.24, 2.45) is 5.73 Å². The van der Waals surface area contributed by atoms with Gasteiger partial charge in [-0.2, -0.15) is 0 Å². The average molecular weight is 512 g/mol. The Morgan fingerprint density at radius 3 is 2.42 bits per heavy atom. The molecule has 0 bridgehead atoms. The van der Waals surface area contributed by atoms with Gasteiger partial charge in [-0.15, -0.1) is 22.7 Å². The van der Waals surface area contributed by atoms with Gasteiger partial charge in [0.05, 0.1) is 40.7 Å². The van der Waals surface area contributed by atoms with Crippen molar-refractivity contribution in [1.29, 1.82) is 0 Å². The quantitative estimate of drug-likeness (QED) is 0.295. The Bertz CT molecular complexity index is 1400. The first-order valence-corrected chi connectivity index (χ1v) is 11.9. The molecule has 5 rings (SSSR count). The molecule has 156 valence electrons. The van der Waals surface area contributed by atoms with Gasteiger partial charge in [-0.25, -0.2) is 9.97 Å². The second-order valence-corrected chi connectivity index (χ2v) is 10.3. The predicted octanol–water partition coefficient (Wildman–Crippen LogP) is 6.40. The molecule has 1 unspecified atom stereocenters. The molecule has 31 heavy (non-hydrogen) atoms. The first-order chi connectivity index (χ1) is 15.1.